The number of rotatable bonds is 6. The molecule has 1 aliphatic heterocycles. The number of nitrogens with zero attached hydrogens (tertiary/aromatic N) is 6. The average molecular weight is 396 g/mol. The van der Waals surface area contributed by atoms with Gasteiger partial charge in [0, 0.05) is 55.9 Å². The van der Waals surface area contributed by atoms with Crippen LogP contribution in [0.2, 0.25) is 0 Å². The molecule has 3 aromatic rings. The third-order valence-electron chi connectivity index (χ3n) is 5.38. The minimum atomic E-state index is -1.76. The lowest BCUT2D eigenvalue weighted by molar-refractivity contribution is -0.133. The fourth-order valence-electron chi connectivity index (χ4n) is 3.82. The van der Waals surface area contributed by atoms with E-state index in [9.17, 15) is 4.79 Å². The summed E-state index contributed by atoms with van der Waals surface area (Å²) in [4.78, 5) is 25.1. The molecule has 29 heavy (non-hydrogen) atoms. The van der Waals surface area contributed by atoms with Crippen molar-refractivity contribution in [1.82, 2.24) is 29.9 Å². The molecule has 0 radical (unpaired) electrons. The minimum Gasteiger partial charge on any atom is -0.303 e. The number of likely N-dealkylation sites (tertiary alicyclic amines) is 1. The SMILES string of the molecule is CC(C)CN1CCC(F)(C(=O)Cc2cc3cc(-n4nccn4)ncc3cn2)CC1. The highest BCUT2D eigenvalue weighted by atomic mass is 19.1. The van der Waals surface area contributed by atoms with Gasteiger partial charge in [0.25, 0.3) is 0 Å². The second-order valence-corrected chi connectivity index (χ2v) is 8.14. The first kappa shape index (κ1) is 19.6. The Balaban J connectivity index is 1.48. The van der Waals surface area contributed by atoms with E-state index >= 15 is 4.39 Å². The van der Waals surface area contributed by atoms with Crippen molar-refractivity contribution in [3.05, 3.63) is 42.6 Å². The second-order valence-electron chi connectivity index (χ2n) is 8.14. The number of hydrogen-bond acceptors (Lipinski definition) is 6. The summed E-state index contributed by atoms with van der Waals surface area (Å²) in [6, 6.07) is 3.65. The number of alkyl halides is 1. The Bertz CT molecular complexity index is 996. The van der Waals surface area contributed by atoms with Crippen LogP contribution in [0.4, 0.5) is 4.39 Å². The summed E-state index contributed by atoms with van der Waals surface area (Å²) >= 11 is 0. The van der Waals surface area contributed by atoms with Crippen molar-refractivity contribution in [1.29, 1.82) is 0 Å². The van der Waals surface area contributed by atoms with Crippen LogP contribution in [0.25, 0.3) is 16.6 Å². The van der Waals surface area contributed by atoms with E-state index in [0.717, 1.165) is 17.3 Å². The highest BCUT2D eigenvalue weighted by molar-refractivity contribution is 5.90. The molecule has 4 rings (SSSR count). The molecule has 3 aromatic heterocycles. The third kappa shape index (κ3) is 4.32. The van der Waals surface area contributed by atoms with Crippen molar-refractivity contribution in [3.8, 4) is 5.82 Å². The average Bonchev–Trinajstić information content (AvgIpc) is 3.24. The van der Waals surface area contributed by atoms with E-state index in [-0.39, 0.29) is 25.0 Å². The number of fused-ring (bicyclic) bond motifs is 1. The zero-order valence-corrected chi connectivity index (χ0v) is 16.8. The number of halogens is 1. The first-order valence-corrected chi connectivity index (χ1v) is 9.99. The van der Waals surface area contributed by atoms with Gasteiger partial charge in [-0.2, -0.15) is 10.2 Å². The molecule has 4 heterocycles. The lowest BCUT2D eigenvalue weighted by atomic mass is 9.86. The number of carbonyl (C=O) groups excluding carboxylic acids is 1. The van der Waals surface area contributed by atoms with Gasteiger partial charge in [-0.05, 0) is 23.4 Å². The maximum absolute atomic E-state index is 15.3. The summed E-state index contributed by atoms with van der Waals surface area (Å²) in [5.74, 6) is 0.734. The van der Waals surface area contributed by atoms with Crippen LogP contribution >= 0.6 is 0 Å². The van der Waals surface area contributed by atoms with Gasteiger partial charge in [0.1, 0.15) is 0 Å². The Hall–Kier alpha value is -2.74. The molecule has 1 fully saturated rings. The van der Waals surface area contributed by atoms with Gasteiger partial charge in [0.2, 0.25) is 0 Å². The van der Waals surface area contributed by atoms with Gasteiger partial charge in [0.05, 0.1) is 18.8 Å². The van der Waals surface area contributed by atoms with Gasteiger partial charge in [-0.25, -0.2) is 9.37 Å². The molecule has 0 N–H and O–H groups in total. The van der Waals surface area contributed by atoms with E-state index in [2.05, 4.69) is 38.9 Å². The van der Waals surface area contributed by atoms with Crippen molar-refractivity contribution in [3.63, 3.8) is 0 Å². The maximum atomic E-state index is 15.3. The molecule has 0 bridgehead atoms. The predicted octanol–water partition coefficient (Wildman–Crippen LogP) is 2.78. The Kier molecular flexibility index (Phi) is 5.36. The maximum Gasteiger partial charge on any atom is 0.175 e. The zero-order chi connectivity index (χ0) is 20.4. The smallest absolute Gasteiger partial charge is 0.175 e. The zero-order valence-electron chi connectivity index (χ0n) is 16.8. The number of piperidine rings is 1. The van der Waals surface area contributed by atoms with Crippen molar-refractivity contribution >= 4 is 16.6 Å². The van der Waals surface area contributed by atoms with Crippen LogP contribution in [0.3, 0.4) is 0 Å². The van der Waals surface area contributed by atoms with E-state index in [4.69, 9.17) is 0 Å². The highest BCUT2D eigenvalue weighted by Gasteiger charge is 2.41. The van der Waals surface area contributed by atoms with Crippen LogP contribution in [0.5, 0.6) is 0 Å². The summed E-state index contributed by atoms with van der Waals surface area (Å²) in [5.41, 5.74) is -1.19. The predicted molar refractivity (Wildman–Crippen MR) is 108 cm³/mol. The molecule has 0 atom stereocenters. The number of pyridine rings is 2. The Labute approximate surface area is 169 Å². The highest BCUT2D eigenvalue weighted by Crippen LogP contribution is 2.29. The molecule has 0 saturated carbocycles. The summed E-state index contributed by atoms with van der Waals surface area (Å²) in [6.45, 7) is 6.49. The molecular weight excluding hydrogens is 371 g/mol. The molecule has 0 aromatic carbocycles. The first-order valence-electron chi connectivity index (χ1n) is 9.99. The van der Waals surface area contributed by atoms with Crippen molar-refractivity contribution in [2.75, 3.05) is 19.6 Å². The van der Waals surface area contributed by atoms with Crippen LogP contribution in [-0.4, -0.2) is 60.9 Å². The topological polar surface area (TPSA) is 76.8 Å². The Morgan fingerprint density at radius 3 is 2.48 bits per heavy atom. The molecule has 8 heteroatoms. The quantitative estimate of drug-likeness (QED) is 0.638. The standard InChI is InChI=1S/C21H25FN6O/c1-15(2)14-27-7-3-21(22,4-8-27)19(29)11-18-9-16-10-20(28-25-5-6-26-28)24-13-17(16)12-23-18/h5-6,9-10,12-13,15H,3-4,7-8,11,14H2,1-2H3. The van der Waals surface area contributed by atoms with E-state index < -0.39 is 5.67 Å². The lowest BCUT2D eigenvalue weighted by Gasteiger charge is -2.36. The van der Waals surface area contributed by atoms with Gasteiger partial charge >= 0.3 is 0 Å². The van der Waals surface area contributed by atoms with Crippen molar-refractivity contribution in [2.45, 2.75) is 38.8 Å². The van der Waals surface area contributed by atoms with Gasteiger partial charge < -0.3 is 4.90 Å². The van der Waals surface area contributed by atoms with E-state index in [0.29, 0.717) is 30.5 Å². The third-order valence-corrected chi connectivity index (χ3v) is 5.38. The van der Waals surface area contributed by atoms with Gasteiger partial charge in [-0.1, -0.05) is 13.8 Å². The van der Waals surface area contributed by atoms with E-state index in [1.165, 1.54) is 4.80 Å². The summed E-state index contributed by atoms with van der Waals surface area (Å²) in [5, 5.41) is 9.86. The van der Waals surface area contributed by atoms with Gasteiger partial charge in [-0.3, -0.25) is 9.78 Å². The van der Waals surface area contributed by atoms with Crippen LogP contribution < -0.4 is 0 Å². The molecule has 0 aliphatic carbocycles. The Morgan fingerprint density at radius 2 is 1.79 bits per heavy atom. The van der Waals surface area contributed by atoms with E-state index in [1.54, 1.807) is 24.8 Å². The molecule has 0 spiro atoms. The lowest BCUT2D eigenvalue weighted by Crippen LogP contribution is -2.47. The molecule has 0 amide bonds. The number of hydrogen-bond donors (Lipinski definition) is 0. The van der Waals surface area contributed by atoms with Crippen LogP contribution in [0, 0.1) is 5.92 Å². The Morgan fingerprint density at radius 1 is 1.10 bits per heavy atom. The van der Waals surface area contributed by atoms with Crippen LogP contribution in [-0.2, 0) is 11.2 Å². The van der Waals surface area contributed by atoms with Crippen LogP contribution in [0.1, 0.15) is 32.4 Å². The van der Waals surface area contributed by atoms with Gasteiger partial charge in [0.15, 0.2) is 17.3 Å². The molecule has 1 saturated heterocycles. The monoisotopic (exact) mass is 396 g/mol. The minimum absolute atomic E-state index is 0.00566. The summed E-state index contributed by atoms with van der Waals surface area (Å²) < 4.78 is 15.3. The molecular formula is C21H25FN6O. The molecule has 152 valence electrons. The largest absolute Gasteiger partial charge is 0.303 e. The second kappa shape index (κ2) is 7.94. The molecule has 7 nitrogen and oxygen atoms in total. The first-order chi connectivity index (χ1) is 13.9. The normalized spacial score (nSPS) is 17.1. The fraction of sp³-hybridized carbons (Fsp3) is 0.476. The number of ketones is 1. The number of Topliss-reactive ketones (excluding diaryl/α,β-unsaturated/α-hetero) is 1. The van der Waals surface area contributed by atoms with Crippen molar-refractivity contribution < 1.29 is 9.18 Å². The van der Waals surface area contributed by atoms with Crippen LogP contribution in [0.15, 0.2) is 36.9 Å². The fourth-order valence-corrected chi connectivity index (χ4v) is 3.82. The number of carbonyl (C=O) groups is 1. The summed E-state index contributed by atoms with van der Waals surface area (Å²) in [6.07, 6.45) is 7.02. The molecule has 0 unspecified atom stereocenters. The van der Waals surface area contributed by atoms with E-state index in [1.807, 2.05) is 12.1 Å². The summed E-state index contributed by atoms with van der Waals surface area (Å²) in [7, 11) is 0. The number of aromatic nitrogens is 5. The van der Waals surface area contributed by atoms with Crippen molar-refractivity contribution in [2.24, 2.45) is 5.92 Å². The van der Waals surface area contributed by atoms with Gasteiger partial charge in [-0.15, -0.1) is 4.80 Å². The molecule has 1 aliphatic rings.